The topological polar surface area (TPSA) is 109 Å². The van der Waals surface area contributed by atoms with E-state index in [9.17, 15) is 4.79 Å². The van der Waals surface area contributed by atoms with E-state index in [1.165, 1.54) is 14.2 Å². The molecule has 0 aliphatic carbocycles. The highest BCUT2D eigenvalue weighted by Gasteiger charge is 2.42. The largest absolute Gasteiger partial charge is 0.481 e. The number of ether oxygens (including phenoxy) is 4. The van der Waals surface area contributed by atoms with Gasteiger partial charge >= 0.3 is 0 Å². The standard InChI is InChI=1S/C22H30N4O6/c1-28-14-17-23-19(32-25-17)12-15-6-11-31-22(13-15)7-9-26(10-8-22)21(27)16-4-5-18(29-2)24-20(16)30-3/h4-5,15H,6-14H2,1-3H3. The van der Waals surface area contributed by atoms with Crippen LogP contribution in [0.2, 0.25) is 0 Å². The first-order chi connectivity index (χ1) is 15.6. The number of piperidine rings is 1. The van der Waals surface area contributed by atoms with Crippen molar-refractivity contribution < 1.29 is 28.3 Å². The molecule has 2 aliphatic heterocycles. The van der Waals surface area contributed by atoms with Crippen LogP contribution >= 0.6 is 0 Å². The Bertz CT molecular complexity index is 925. The molecule has 10 nitrogen and oxygen atoms in total. The SMILES string of the molecule is COCc1noc(CC2CCOC3(CCN(C(=O)c4ccc(OC)nc4OC)CC3)C2)n1. The van der Waals surface area contributed by atoms with Gasteiger partial charge in [0.1, 0.15) is 12.2 Å². The van der Waals surface area contributed by atoms with E-state index in [0.29, 0.717) is 55.4 Å². The average Bonchev–Trinajstić information content (AvgIpc) is 3.25. The van der Waals surface area contributed by atoms with E-state index < -0.39 is 0 Å². The summed E-state index contributed by atoms with van der Waals surface area (Å²) in [5.74, 6) is 2.22. The van der Waals surface area contributed by atoms with Crippen molar-refractivity contribution in [3.8, 4) is 11.8 Å². The number of hydrogen-bond donors (Lipinski definition) is 0. The summed E-state index contributed by atoms with van der Waals surface area (Å²) in [6.45, 7) is 2.30. The fraction of sp³-hybridized carbons (Fsp3) is 0.636. The molecule has 1 spiro atoms. The summed E-state index contributed by atoms with van der Waals surface area (Å²) in [5.41, 5.74) is 0.229. The van der Waals surface area contributed by atoms with Gasteiger partial charge in [0.15, 0.2) is 5.82 Å². The molecule has 2 saturated heterocycles. The predicted molar refractivity (Wildman–Crippen MR) is 113 cm³/mol. The monoisotopic (exact) mass is 446 g/mol. The van der Waals surface area contributed by atoms with Crippen molar-refractivity contribution in [2.45, 2.75) is 44.3 Å². The van der Waals surface area contributed by atoms with Crippen LogP contribution in [0.25, 0.3) is 0 Å². The lowest BCUT2D eigenvalue weighted by Gasteiger charge is -2.46. The number of likely N-dealkylation sites (tertiary alicyclic amines) is 1. The number of aromatic nitrogens is 3. The normalized spacial score (nSPS) is 20.3. The molecule has 174 valence electrons. The zero-order valence-electron chi connectivity index (χ0n) is 18.8. The molecule has 0 bridgehead atoms. The van der Waals surface area contributed by atoms with E-state index in [1.54, 1.807) is 19.2 Å². The lowest BCUT2D eigenvalue weighted by molar-refractivity contribution is -0.124. The van der Waals surface area contributed by atoms with E-state index in [4.69, 9.17) is 23.5 Å². The van der Waals surface area contributed by atoms with Gasteiger partial charge in [-0.2, -0.15) is 9.97 Å². The second kappa shape index (κ2) is 9.83. The van der Waals surface area contributed by atoms with Crippen LogP contribution in [0.5, 0.6) is 11.8 Å². The predicted octanol–water partition coefficient (Wildman–Crippen LogP) is 2.27. The molecular weight excluding hydrogens is 416 g/mol. The third-order valence-electron chi connectivity index (χ3n) is 6.27. The molecule has 2 aromatic rings. The molecular formula is C22H30N4O6. The number of amides is 1. The summed E-state index contributed by atoms with van der Waals surface area (Å²) in [5, 5.41) is 3.95. The van der Waals surface area contributed by atoms with Crippen LogP contribution in [0.1, 0.15) is 47.8 Å². The molecule has 1 amide bonds. The van der Waals surface area contributed by atoms with Crippen LogP contribution in [0, 0.1) is 5.92 Å². The Labute approximate surface area is 187 Å². The van der Waals surface area contributed by atoms with E-state index in [1.807, 2.05) is 4.90 Å². The lowest BCUT2D eigenvalue weighted by Crippen LogP contribution is -2.51. The Morgan fingerprint density at radius 2 is 2.00 bits per heavy atom. The molecule has 0 N–H and O–H groups in total. The highest BCUT2D eigenvalue weighted by molar-refractivity contribution is 5.96. The Kier molecular flexibility index (Phi) is 6.90. The Morgan fingerprint density at radius 1 is 1.19 bits per heavy atom. The maximum atomic E-state index is 13.1. The minimum Gasteiger partial charge on any atom is -0.481 e. The van der Waals surface area contributed by atoms with Crippen molar-refractivity contribution >= 4 is 5.91 Å². The molecule has 1 unspecified atom stereocenters. The quantitative estimate of drug-likeness (QED) is 0.633. The highest BCUT2D eigenvalue weighted by atomic mass is 16.5. The van der Waals surface area contributed by atoms with Gasteiger partial charge in [-0.15, -0.1) is 0 Å². The average molecular weight is 447 g/mol. The maximum Gasteiger partial charge on any atom is 0.259 e. The zero-order chi connectivity index (χ0) is 22.6. The summed E-state index contributed by atoms with van der Waals surface area (Å²) in [6, 6.07) is 3.37. The second-order valence-electron chi connectivity index (χ2n) is 8.33. The second-order valence-corrected chi connectivity index (χ2v) is 8.33. The van der Waals surface area contributed by atoms with E-state index in [2.05, 4.69) is 15.1 Å². The Morgan fingerprint density at radius 3 is 2.72 bits per heavy atom. The van der Waals surface area contributed by atoms with Crippen LogP contribution in [-0.4, -0.2) is 72.6 Å². The molecule has 0 saturated carbocycles. The first-order valence-electron chi connectivity index (χ1n) is 10.9. The summed E-state index contributed by atoms with van der Waals surface area (Å²) in [6.07, 6.45) is 4.20. The van der Waals surface area contributed by atoms with Gasteiger partial charge in [0.05, 0.1) is 19.8 Å². The van der Waals surface area contributed by atoms with Crippen molar-refractivity contribution in [1.82, 2.24) is 20.0 Å². The van der Waals surface area contributed by atoms with Crippen molar-refractivity contribution in [3.63, 3.8) is 0 Å². The van der Waals surface area contributed by atoms with Crippen LogP contribution in [-0.2, 0) is 22.5 Å². The summed E-state index contributed by atoms with van der Waals surface area (Å²) < 4.78 is 27.1. The smallest absolute Gasteiger partial charge is 0.259 e. The number of pyridine rings is 1. The highest BCUT2D eigenvalue weighted by Crippen LogP contribution is 2.39. The molecule has 10 heteroatoms. The maximum absolute atomic E-state index is 13.1. The van der Waals surface area contributed by atoms with Crippen molar-refractivity contribution in [2.24, 2.45) is 5.92 Å². The first-order valence-corrected chi connectivity index (χ1v) is 10.9. The number of hydrogen-bond acceptors (Lipinski definition) is 9. The molecule has 32 heavy (non-hydrogen) atoms. The molecule has 2 aliphatic rings. The van der Waals surface area contributed by atoms with Crippen LogP contribution < -0.4 is 9.47 Å². The van der Waals surface area contributed by atoms with Gasteiger partial charge in [0.2, 0.25) is 17.7 Å². The van der Waals surface area contributed by atoms with E-state index >= 15 is 0 Å². The summed E-state index contributed by atoms with van der Waals surface area (Å²) in [7, 11) is 4.64. The number of carbonyl (C=O) groups is 1. The minimum absolute atomic E-state index is 0.0873. The van der Waals surface area contributed by atoms with Crippen LogP contribution in [0.15, 0.2) is 16.7 Å². The fourth-order valence-corrected chi connectivity index (χ4v) is 4.60. The van der Waals surface area contributed by atoms with Gasteiger partial charge in [-0.3, -0.25) is 4.79 Å². The number of nitrogens with zero attached hydrogens (tertiary/aromatic N) is 4. The third-order valence-corrected chi connectivity index (χ3v) is 6.27. The summed E-state index contributed by atoms with van der Waals surface area (Å²) in [4.78, 5) is 23.6. The lowest BCUT2D eigenvalue weighted by atomic mass is 9.78. The van der Waals surface area contributed by atoms with Gasteiger partial charge in [0.25, 0.3) is 5.91 Å². The van der Waals surface area contributed by atoms with Gasteiger partial charge in [-0.05, 0) is 37.7 Å². The number of rotatable bonds is 7. The Hall–Kier alpha value is -2.72. The van der Waals surface area contributed by atoms with Crippen molar-refractivity contribution in [1.29, 1.82) is 0 Å². The summed E-state index contributed by atoms with van der Waals surface area (Å²) >= 11 is 0. The Balaban J connectivity index is 1.36. The third kappa shape index (κ3) is 4.86. The molecule has 2 fully saturated rings. The van der Waals surface area contributed by atoms with E-state index in [0.717, 1.165) is 32.1 Å². The molecule has 2 aromatic heterocycles. The molecule has 1 atom stereocenters. The van der Waals surface area contributed by atoms with Gasteiger partial charge in [0, 0.05) is 39.3 Å². The molecule has 4 heterocycles. The van der Waals surface area contributed by atoms with Crippen molar-refractivity contribution in [2.75, 3.05) is 41.0 Å². The van der Waals surface area contributed by atoms with Gasteiger partial charge in [-0.1, -0.05) is 5.16 Å². The van der Waals surface area contributed by atoms with Crippen LogP contribution in [0.3, 0.4) is 0 Å². The van der Waals surface area contributed by atoms with Crippen LogP contribution in [0.4, 0.5) is 0 Å². The van der Waals surface area contributed by atoms with Crippen molar-refractivity contribution in [3.05, 3.63) is 29.4 Å². The van der Waals surface area contributed by atoms with Gasteiger partial charge < -0.3 is 28.4 Å². The van der Waals surface area contributed by atoms with Gasteiger partial charge in [-0.25, -0.2) is 0 Å². The minimum atomic E-state index is -0.211. The first kappa shape index (κ1) is 22.5. The number of methoxy groups -OCH3 is 3. The van der Waals surface area contributed by atoms with E-state index in [-0.39, 0.29) is 17.4 Å². The molecule has 0 radical (unpaired) electrons. The molecule has 4 rings (SSSR count). The fourth-order valence-electron chi connectivity index (χ4n) is 4.60. The number of carbonyl (C=O) groups excluding carboxylic acids is 1. The molecule has 0 aromatic carbocycles. The zero-order valence-corrected chi connectivity index (χ0v) is 18.8.